The van der Waals surface area contributed by atoms with Crippen LogP contribution in [0, 0.1) is 0 Å². The molecule has 0 aliphatic carbocycles. The number of methoxy groups -OCH3 is 3. The highest BCUT2D eigenvalue weighted by Gasteiger charge is 2.25. The van der Waals surface area contributed by atoms with Crippen molar-refractivity contribution in [1.82, 2.24) is 9.80 Å². The molecule has 1 fully saturated rings. The van der Waals surface area contributed by atoms with E-state index in [4.69, 9.17) is 23.7 Å². The molecule has 186 valence electrons. The topological polar surface area (TPSA) is 86.8 Å². The number of ketones is 1. The lowest BCUT2D eigenvalue weighted by Crippen LogP contribution is -2.49. The van der Waals surface area contributed by atoms with Crippen molar-refractivity contribution in [2.45, 2.75) is 6.42 Å². The lowest BCUT2D eigenvalue weighted by molar-refractivity contribution is -0.114. The monoisotopic (exact) mass is 482 g/mol. The first-order valence-electron chi connectivity index (χ1n) is 11.4. The van der Waals surface area contributed by atoms with Gasteiger partial charge < -0.3 is 28.6 Å². The minimum Gasteiger partial charge on any atom is -0.493 e. The van der Waals surface area contributed by atoms with Gasteiger partial charge in [-0.25, -0.2) is 0 Å². The summed E-state index contributed by atoms with van der Waals surface area (Å²) < 4.78 is 26.7. The fraction of sp³-hybridized carbons (Fsp3) is 0.385. The van der Waals surface area contributed by atoms with Crippen molar-refractivity contribution < 1.29 is 33.3 Å². The van der Waals surface area contributed by atoms with Crippen molar-refractivity contribution in [2.24, 2.45) is 0 Å². The zero-order valence-corrected chi connectivity index (χ0v) is 20.2. The van der Waals surface area contributed by atoms with Gasteiger partial charge in [-0.05, 0) is 35.9 Å². The highest BCUT2D eigenvalue weighted by atomic mass is 16.7. The molecule has 0 N–H and O–H groups in total. The highest BCUT2D eigenvalue weighted by Crippen LogP contribution is 2.38. The van der Waals surface area contributed by atoms with Gasteiger partial charge in [0.25, 0.3) is 5.91 Å². The first-order chi connectivity index (χ1) is 17.0. The number of allylic oxidation sites excluding steroid dienone is 1. The van der Waals surface area contributed by atoms with Crippen LogP contribution < -0.4 is 23.7 Å². The number of carbonyl (C=O) groups excluding carboxylic acids is 2. The predicted octanol–water partition coefficient (Wildman–Crippen LogP) is 2.87. The largest absolute Gasteiger partial charge is 0.493 e. The Hall–Kier alpha value is -3.72. The van der Waals surface area contributed by atoms with Gasteiger partial charge in [-0.2, -0.15) is 0 Å². The van der Waals surface area contributed by atoms with E-state index in [2.05, 4.69) is 4.90 Å². The van der Waals surface area contributed by atoms with Gasteiger partial charge in [0.2, 0.25) is 12.5 Å². The Bertz CT molecular complexity index is 1080. The molecule has 0 radical (unpaired) electrons. The average molecular weight is 483 g/mol. The summed E-state index contributed by atoms with van der Waals surface area (Å²) in [5.74, 6) is 2.72. The van der Waals surface area contributed by atoms with Gasteiger partial charge in [0, 0.05) is 44.7 Å². The molecule has 2 aromatic rings. The lowest BCUT2D eigenvalue weighted by Gasteiger charge is -2.34. The highest BCUT2D eigenvalue weighted by molar-refractivity contribution is 5.96. The molecule has 9 nitrogen and oxygen atoms in total. The van der Waals surface area contributed by atoms with Crippen LogP contribution in [0.25, 0.3) is 6.08 Å². The van der Waals surface area contributed by atoms with Crippen molar-refractivity contribution in [2.75, 3.05) is 60.8 Å². The molecule has 2 aromatic carbocycles. The molecular formula is C26H30N2O7. The molecule has 0 saturated carbocycles. The van der Waals surface area contributed by atoms with Gasteiger partial charge in [0.15, 0.2) is 28.8 Å². The van der Waals surface area contributed by atoms with E-state index in [0.717, 1.165) is 11.3 Å². The van der Waals surface area contributed by atoms with Crippen molar-refractivity contribution in [3.05, 3.63) is 47.5 Å². The Kier molecular flexibility index (Phi) is 7.77. The molecule has 9 heteroatoms. The molecule has 2 aliphatic rings. The second kappa shape index (κ2) is 11.1. The number of amides is 1. The van der Waals surface area contributed by atoms with E-state index in [1.54, 1.807) is 29.2 Å². The van der Waals surface area contributed by atoms with E-state index in [9.17, 15) is 9.59 Å². The number of ether oxygens (including phenoxy) is 5. The van der Waals surface area contributed by atoms with Crippen LogP contribution in [0.4, 0.5) is 0 Å². The summed E-state index contributed by atoms with van der Waals surface area (Å²) in [5.41, 5.74) is 1.37. The summed E-state index contributed by atoms with van der Waals surface area (Å²) in [6.07, 6.45) is 3.81. The third kappa shape index (κ3) is 5.68. The van der Waals surface area contributed by atoms with Gasteiger partial charge in [-0.3, -0.25) is 14.5 Å². The number of hydrogen-bond donors (Lipinski definition) is 0. The van der Waals surface area contributed by atoms with Gasteiger partial charge in [0.05, 0.1) is 21.3 Å². The van der Waals surface area contributed by atoms with E-state index in [1.165, 1.54) is 21.3 Å². The van der Waals surface area contributed by atoms with Crippen molar-refractivity contribution in [3.63, 3.8) is 0 Å². The van der Waals surface area contributed by atoms with Crippen LogP contribution in [0.2, 0.25) is 0 Å². The zero-order valence-electron chi connectivity index (χ0n) is 20.2. The molecule has 0 aromatic heterocycles. The van der Waals surface area contributed by atoms with Crippen LogP contribution in [0.5, 0.6) is 28.7 Å². The number of fused-ring (bicyclic) bond motifs is 1. The van der Waals surface area contributed by atoms with Gasteiger partial charge in [-0.1, -0.05) is 12.1 Å². The Morgan fingerprint density at radius 1 is 0.914 bits per heavy atom. The van der Waals surface area contributed by atoms with E-state index >= 15 is 0 Å². The van der Waals surface area contributed by atoms with Crippen molar-refractivity contribution in [1.29, 1.82) is 0 Å². The predicted molar refractivity (Wildman–Crippen MR) is 130 cm³/mol. The molecule has 0 spiro atoms. The number of benzene rings is 2. The van der Waals surface area contributed by atoms with Crippen LogP contribution in [0.1, 0.15) is 22.3 Å². The molecule has 2 heterocycles. The summed E-state index contributed by atoms with van der Waals surface area (Å²) in [6, 6.07) is 8.92. The summed E-state index contributed by atoms with van der Waals surface area (Å²) in [4.78, 5) is 29.4. The molecule has 0 unspecified atom stereocenters. The first-order valence-corrected chi connectivity index (χ1v) is 11.4. The molecule has 0 atom stereocenters. The maximum absolute atomic E-state index is 13.1. The Balaban J connectivity index is 1.26. The number of hydrogen-bond acceptors (Lipinski definition) is 8. The number of nitrogens with zero attached hydrogens (tertiary/aromatic N) is 2. The summed E-state index contributed by atoms with van der Waals surface area (Å²) in [6.45, 7) is 3.44. The quantitative estimate of drug-likeness (QED) is 0.505. The number of piperazine rings is 1. The molecule has 0 bridgehead atoms. The van der Waals surface area contributed by atoms with Gasteiger partial charge in [0.1, 0.15) is 0 Å². The summed E-state index contributed by atoms with van der Waals surface area (Å²) in [7, 11) is 4.57. The van der Waals surface area contributed by atoms with E-state index in [-0.39, 0.29) is 18.5 Å². The minimum atomic E-state index is -0.0911. The molecule has 35 heavy (non-hydrogen) atoms. The molecule has 4 rings (SSSR count). The maximum atomic E-state index is 13.1. The molecule has 1 amide bonds. The lowest BCUT2D eigenvalue weighted by atomic mass is 10.1. The van der Waals surface area contributed by atoms with Crippen LogP contribution in [-0.2, 0) is 4.79 Å². The maximum Gasteiger partial charge on any atom is 0.254 e. The normalized spacial score (nSPS) is 15.3. The Labute approximate surface area is 204 Å². The SMILES string of the molecule is COc1cc(C(=O)N2CCN(CCC(=O)/C=C/c3ccc4c(c3)OCO4)CC2)cc(OC)c1OC. The fourth-order valence-corrected chi connectivity index (χ4v) is 4.12. The average Bonchev–Trinajstić information content (AvgIpc) is 3.37. The standard InChI is InChI=1S/C26H30N2O7/c1-31-23-15-19(16-24(32-2)25(23)33-3)26(30)28-12-10-27(11-13-28)9-8-20(29)6-4-18-5-7-21-22(14-18)35-17-34-21/h4-7,14-16H,8-13,17H2,1-3H3/b6-4+. The van der Waals surface area contributed by atoms with Crippen molar-refractivity contribution >= 4 is 17.8 Å². The van der Waals surface area contributed by atoms with E-state index in [1.807, 2.05) is 18.2 Å². The second-order valence-electron chi connectivity index (χ2n) is 8.21. The van der Waals surface area contributed by atoms with Gasteiger partial charge >= 0.3 is 0 Å². The Morgan fingerprint density at radius 2 is 1.60 bits per heavy atom. The van der Waals surface area contributed by atoms with Gasteiger partial charge in [-0.15, -0.1) is 0 Å². The summed E-state index contributed by atoms with van der Waals surface area (Å²) >= 11 is 0. The summed E-state index contributed by atoms with van der Waals surface area (Å²) in [5, 5.41) is 0. The van der Waals surface area contributed by atoms with Crippen LogP contribution in [0.3, 0.4) is 0 Å². The number of rotatable bonds is 9. The zero-order chi connectivity index (χ0) is 24.8. The smallest absolute Gasteiger partial charge is 0.254 e. The third-order valence-electron chi connectivity index (χ3n) is 6.10. The molecule has 2 aliphatic heterocycles. The third-order valence-corrected chi connectivity index (χ3v) is 6.10. The van der Waals surface area contributed by atoms with Crippen LogP contribution in [0.15, 0.2) is 36.4 Å². The molecular weight excluding hydrogens is 452 g/mol. The van der Waals surface area contributed by atoms with Crippen molar-refractivity contribution in [3.8, 4) is 28.7 Å². The first kappa shape index (κ1) is 24.4. The van der Waals surface area contributed by atoms with Crippen LogP contribution in [-0.4, -0.2) is 82.3 Å². The fourth-order valence-electron chi connectivity index (χ4n) is 4.12. The van der Waals surface area contributed by atoms with E-state index in [0.29, 0.717) is 67.7 Å². The van der Waals surface area contributed by atoms with E-state index < -0.39 is 0 Å². The number of carbonyl (C=O) groups is 2. The second-order valence-corrected chi connectivity index (χ2v) is 8.21. The Morgan fingerprint density at radius 3 is 2.26 bits per heavy atom. The minimum absolute atomic E-state index is 0.0543. The van der Waals surface area contributed by atoms with Crippen LogP contribution >= 0.6 is 0 Å². The molecule has 1 saturated heterocycles.